The van der Waals surface area contributed by atoms with Gasteiger partial charge >= 0.3 is 0 Å². The zero-order valence-electron chi connectivity index (χ0n) is 17.1. The average molecular weight is 398 g/mol. The molecule has 1 heterocycles. The van der Waals surface area contributed by atoms with Gasteiger partial charge in [0.2, 0.25) is 5.91 Å². The number of amides is 1. The molecule has 0 atom stereocenters. The van der Waals surface area contributed by atoms with Gasteiger partial charge in [0.15, 0.2) is 0 Å². The van der Waals surface area contributed by atoms with E-state index in [-0.39, 0.29) is 11.3 Å². The Morgan fingerprint density at radius 3 is 1.96 bits per heavy atom. The Morgan fingerprint density at radius 1 is 0.962 bits per heavy atom. The number of carbonyl (C=O) groups is 1. The van der Waals surface area contributed by atoms with Crippen molar-refractivity contribution < 1.29 is 4.79 Å². The summed E-state index contributed by atoms with van der Waals surface area (Å²) in [5.74, 6) is 0.0563. The summed E-state index contributed by atoms with van der Waals surface area (Å²) >= 11 is 3.06. The van der Waals surface area contributed by atoms with Crippen LogP contribution in [0.3, 0.4) is 0 Å². The predicted molar refractivity (Wildman–Crippen MR) is 115 cm³/mol. The SMILES string of the molecule is CCCCCCCCCCC(C)(C)C(=O)Nc1c(SC)ncnc1SC. The van der Waals surface area contributed by atoms with Crippen molar-refractivity contribution in [1.82, 2.24) is 9.97 Å². The molecule has 1 aromatic heterocycles. The second kappa shape index (κ2) is 12.6. The number of aromatic nitrogens is 2. The first-order valence-electron chi connectivity index (χ1n) is 9.70. The van der Waals surface area contributed by atoms with Crippen molar-refractivity contribution in [1.29, 1.82) is 0 Å². The van der Waals surface area contributed by atoms with Gasteiger partial charge < -0.3 is 5.32 Å². The summed E-state index contributed by atoms with van der Waals surface area (Å²) in [4.78, 5) is 21.4. The minimum atomic E-state index is -0.386. The van der Waals surface area contributed by atoms with Crippen LogP contribution in [-0.2, 0) is 4.79 Å². The van der Waals surface area contributed by atoms with Crippen LogP contribution in [0.15, 0.2) is 16.4 Å². The maximum atomic E-state index is 12.8. The lowest BCUT2D eigenvalue weighted by atomic mass is 9.85. The van der Waals surface area contributed by atoms with E-state index >= 15 is 0 Å². The molecular weight excluding hydrogens is 362 g/mol. The Balaban J connectivity index is 2.48. The molecule has 4 nitrogen and oxygen atoms in total. The fraction of sp³-hybridized carbons (Fsp3) is 0.750. The van der Waals surface area contributed by atoms with Crippen LogP contribution < -0.4 is 5.32 Å². The van der Waals surface area contributed by atoms with Crippen LogP contribution in [0.4, 0.5) is 5.69 Å². The van der Waals surface area contributed by atoms with E-state index in [4.69, 9.17) is 0 Å². The van der Waals surface area contributed by atoms with E-state index in [1.54, 1.807) is 6.33 Å². The minimum Gasteiger partial charge on any atom is -0.321 e. The first-order valence-corrected chi connectivity index (χ1v) is 12.2. The zero-order valence-corrected chi connectivity index (χ0v) is 18.7. The number of nitrogens with one attached hydrogen (secondary N) is 1. The van der Waals surface area contributed by atoms with E-state index in [1.807, 2.05) is 26.4 Å². The summed E-state index contributed by atoms with van der Waals surface area (Å²) in [6, 6.07) is 0. The average Bonchev–Trinajstić information content (AvgIpc) is 2.63. The maximum Gasteiger partial charge on any atom is 0.230 e. The molecular formula is C20H35N3OS2. The molecule has 0 aliphatic carbocycles. The summed E-state index contributed by atoms with van der Waals surface area (Å²) in [6.45, 7) is 6.31. The van der Waals surface area contributed by atoms with Gasteiger partial charge in [0.25, 0.3) is 0 Å². The van der Waals surface area contributed by atoms with Crippen molar-refractivity contribution in [3.63, 3.8) is 0 Å². The van der Waals surface area contributed by atoms with Crippen LogP contribution in [0, 0.1) is 5.41 Å². The van der Waals surface area contributed by atoms with Crippen LogP contribution in [-0.4, -0.2) is 28.4 Å². The maximum absolute atomic E-state index is 12.8. The number of nitrogens with zero attached hydrogens (tertiary/aromatic N) is 2. The highest BCUT2D eigenvalue weighted by molar-refractivity contribution is 7.99. The van der Waals surface area contributed by atoms with Crippen LogP contribution in [0.25, 0.3) is 0 Å². The first kappa shape index (κ1) is 23.3. The molecule has 148 valence electrons. The van der Waals surface area contributed by atoms with Crippen molar-refractivity contribution in [3.05, 3.63) is 6.33 Å². The fourth-order valence-corrected chi connectivity index (χ4v) is 3.94. The number of carbonyl (C=O) groups excluding carboxylic acids is 1. The van der Waals surface area contributed by atoms with Crippen molar-refractivity contribution in [2.45, 2.75) is 88.6 Å². The monoisotopic (exact) mass is 397 g/mol. The van der Waals surface area contributed by atoms with Crippen molar-refractivity contribution in [2.24, 2.45) is 5.41 Å². The number of hydrogen-bond acceptors (Lipinski definition) is 5. The molecule has 26 heavy (non-hydrogen) atoms. The lowest BCUT2D eigenvalue weighted by Gasteiger charge is -2.24. The Hall–Kier alpha value is -0.750. The summed E-state index contributed by atoms with van der Waals surface area (Å²) in [7, 11) is 0. The molecule has 0 fully saturated rings. The van der Waals surface area contributed by atoms with E-state index < -0.39 is 0 Å². The molecule has 0 radical (unpaired) electrons. The van der Waals surface area contributed by atoms with E-state index in [9.17, 15) is 4.79 Å². The summed E-state index contributed by atoms with van der Waals surface area (Å²) in [6.07, 6.45) is 16.7. The van der Waals surface area contributed by atoms with Gasteiger partial charge in [-0.05, 0) is 18.9 Å². The quantitative estimate of drug-likeness (QED) is 0.236. The summed E-state index contributed by atoms with van der Waals surface area (Å²) in [5, 5.41) is 4.73. The fourth-order valence-electron chi connectivity index (χ4n) is 2.87. The van der Waals surface area contributed by atoms with Gasteiger partial charge in [0.1, 0.15) is 22.1 Å². The third kappa shape index (κ3) is 7.87. The first-order chi connectivity index (χ1) is 12.5. The number of anilines is 1. The van der Waals surface area contributed by atoms with E-state index in [0.29, 0.717) is 0 Å². The number of hydrogen-bond donors (Lipinski definition) is 1. The van der Waals surface area contributed by atoms with E-state index in [1.165, 1.54) is 68.5 Å². The predicted octanol–water partition coefficient (Wildman–Crippen LogP) is 6.42. The Morgan fingerprint density at radius 2 is 1.46 bits per heavy atom. The molecule has 1 amide bonds. The highest BCUT2D eigenvalue weighted by Crippen LogP contribution is 2.33. The molecule has 0 saturated heterocycles. The van der Waals surface area contributed by atoms with Gasteiger partial charge in [0, 0.05) is 5.41 Å². The standard InChI is InChI=1S/C20H35N3OS2/c1-6-7-8-9-10-11-12-13-14-20(2,3)19(24)23-16-17(25-4)21-15-22-18(16)26-5/h15H,6-14H2,1-5H3,(H,23,24). The second-order valence-electron chi connectivity index (χ2n) is 7.33. The van der Waals surface area contributed by atoms with Crippen molar-refractivity contribution >= 4 is 35.1 Å². The molecule has 1 N–H and O–H groups in total. The molecule has 1 rings (SSSR count). The molecule has 0 aromatic carbocycles. The van der Waals surface area contributed by atoms with Crippen LogP contribution in [0.1, 0.15) is 78.6 Å². The molecule has 6 heteroatoms. The number of rotatable bonds is 13. The largest absolute Gasteiger partial charge is 0.321 e. The van der Waals surface area contributed by atoms with Gasteiger partial charge in [0.05, 0.1) is 0 Å². The van der Waals surface area contributed by atoms with Crippen LogP contribution in [0.5, 0.6) is 0 Å². The lowest BCUT2D eigenvalue weighted by Crippen LogP contribution is -2.31. The Labute approximate surface area is 168 Å². The zero-order chi connectivity index (χ0) is 19.4. The highest BCUT2D eigenvalue weighted by atomic mass is 32.2. The molecule has 0 spiro atoms. The molecule has 0 aliphatic heterocycles. The normalized spacial score (nSPS) is 11.6. The topological polar surface area (TPSA) is 54.9 Å². The Bertz CT molecular complexity index is 528. The molecule has 0 saturated carbocycles. The van der Waals surface area contributed by atoms with E-state index in [2.05, 4.69) is 22.2 Å². The second-order valence-corrected chi connectivity index (χ2v) is 8.92. The van der Waals surface area contributed by atoms with Gasteiger partial charge in [-0.15, -0.1) is 23.5 Å². The van der Waals surface area contributed by atoms with Gasteiger partial charge in [-0.3, -0.25) is 4.79 Å². The molecule has 0 bridgehead atoms. The van der Waals surface area contributed by atoms with Crippen molar-refractivity contribution in [2.75, 3.05) is 17.8 Å². The molecule has 0 unspecified atom stereocenters. The third-order valence-electron chi connectivity index (χ3n) is 4.67. The highest BCUT2D eigenvalue weighted by Gasteiger charge is 2.28. The molecule has 1 aromatic rings. The van der Waals surface area contributed by atoms with Gasteiger partial charge in [-0.2, -0.15) is 0 Å². The van der Waals surface area contributed by atoms with Gasteiger partial charge in [-0.25, -0.2) is 9.97 Å². The third-order valence-corrected chi connectivity index (χ3v) is 6.07. The summed E-state index contributed by atoms with van der Waals surface area (Å²) in [5.41, 5.74) is 0.366. The van der Waals surface area contributed by atoms with Crippen molar-refractivity contribution in [3.8, 4) is 0 Å². The van der Waals surface area contributed by atoms with Gasteiger partial charge in [-0.1, -0.05) is 72.1 Å². The summed E-state index contributed by atoms with van der Waals surface area (Å²) < 4.78 is 0. The number of unbranched alkanes of at least 4 members (excludes halogenated alkanes) is 7. The van der Waals surface area contributed by atoms with Crippen LogP contribution in [0.2, 0.25) is 0 Å². The molecule has 0 aliphatic rings. The smallest absolute Gasteiger partial charge is 0.230 e. The minimum absolute atomic E-state index is 0.0563. The number of thioether (sulfide) groups is 2. The Kier molecular flexibility index (Phi) is 11.3. The lowest BCUT2D eigenvalue weighted by molar-refractivity contribution is -0.124. The van der Waals surface area contributed by atoms with E-state index in [0.717, 1.165) is 28.6 Å². The van der Waals surface area contributed by atoms with Crippen LogP contribution >= 0.6 is 23.5 Å².